The van der Waals surface area contributed by atoms with Crippen molar-refractivity contribution in [2.24, 2.45) is 5.92 Å². The second kappa shape index (κ2) is 8.42. The van der Waals surface area contributed by atoms with Crippen LogP contribution in [-0.4, -0.2) is 20.2 Å². The van der Waals surface area contributed by atoms with E-state index in [0.717, 1.165) is 24.4 Å². The van der Waals surface area contributed by atoms with Crippen molar-refractivity contribution in [1.82, 2.24) is 0 Å². The van der Waals surface area contributed by atoms with Crippen LogP contribution in [-0.2, 0) is 9.84 Å². The van der Waals surface area contributed by atoms with Gasteiger partial charge in [0.25, 0.3) is 0 Å². The maximum atomic E-state index is 12.3. The third-order valence-electron chi connectivity index (χ3n) is 3.52. The molecule has 4 heteroatoms. The van der Waals surface area contributed by atoms with Crippen LogP contribution in [0.5, 0.6) is 0 Å². The molecule has 0 radical (unpaired) electrons. The van der Waals surface area contributed by atoms with Crippen LogP contribution < -0.4 is 5.32 Å². The number of para-hydroxylation sites is 1. The Morgan fingerprint density at radius 1 is 1.10 bits per heavy atom. The van der Waals surface area contributed by atoms with Crippen LogP contribution in [0.2, 0.25) is 0 Å². The SMILES string of the molecule is CCCS(=O)(=O)c1ccccc1NC(C)CCCC(C)C. The lowest BCUT2D eigenvalue weighted by Gasteiger charge is -2.18. The van der Waals surface area contributed by atoms with Crippen LogP contribution in [0.25, 0.3) is 0 Å². The number of nitrogens with one attached hydrogen (secondary N) is 1. The van der Waals surface area contributed by atoms with Gasteiger partial charge in [-0.2, -0.15) is 0 Å². The lowest BCUT2D eigenvalue weighted by Crippen LogP contribution is -2.18. The molecule has 0 aliphatic carbocycles. The van der Waals surface area contributed by atoms with Crippen LogP contribution in [0.3, 0.4) is 0 Å². The van der Waals surface area contributed by atoms with Crippen molar-refractivity contribution in [2.45, 2.75) is 64.3 Å². The van der Waals surface area contributed by atoms with E-state index in [2.05, 4.69) is 26.1 Å². The highest BCUT2D eigenvalue weighted by molar-refractivity contribution is 7.91. The van der Waals surface area contributed by atoms with E-state index in [1.54, 1.807) is 12.1 Å². The van der Waals surface area contributed by atoms with Gasteiger partial charge in [0.1, 0.15) is 0 Å². The van der Waals surface area contributed by atoms with Crippen LogP contribution in [0.1, 0.15) is 53.4 Å². The molecule has 0 aromatic heterocycles. The highest BCUT2D eigenvalue weighted by atomic mass is 32.2. The Balaban J connectivity index is 2.75. The zero-order valence-corrected chi connectivity index (χ0v) is 14.5. The highest BCUT2D eigenvalue weighted by Gasteiger charge is 2.18. The topological polar surface area (TPSA) is 46.2 Å². The molecule has 1 N–H and O–H groups in total. The average molecular weight is 311 g/mol. The molecule has 120 valence electrons. The maximum Gasteiger partial charge on any atom is 0.180 e. The predicted molar refractivity (Wildman–Crippen MR) is 90.6 cm³/mol. The van der Waals surface area contributed by atoms with Crippen LogP contribution in [0.4, 0.5) is 5.69 Å². The smallest absolute Gasteiger partial charge is 0.180 e. The van der Waals surface area contributed by atoms with Gasteiger partial charge in [-0.15, -0.1) is 0 Å². The van der Waals surface area contributed by atoms with Gasteiger partial charge < -0.3 is 5.32 Å². The molecule has 1 atom stereocenters. The number of rotatable bonds is 9. The van der Waals surface area contributed by atoms with Gasteiger partial charge in [0, 0.05) is 6.04 Å². The molecule has 0 saturated carbocycles. The molecule has 1 aromatic rings. The van der Waals surface area contributed by atoms with Crippen molar-refractivity contribution in [1.29, 1.82) is 0 Å². The Morgan fingerprint density at radius 3 is 2.38 bits per heavy atom. The molecule has 0 spiro atoms. The summed E-state index contributed by atoms with van der Waals surface area (Å²) >= 11 is 0. The Hall–Kier alpha value is -1.03. The second-order valence-corrected chi connectivity index (χ2v) is 8.26. The van der Waals surface area contributed by atoms with Crippen molar-refractivity contribution in [3.63, 3.8) is 0 Å². The largest absolute Gasteiger partial charge is 0.382 e. The summed E-state index contributed by atoms with van der Waals surface area (Å²) in [5, 5.41) is 3.37. The van der Waals surface area contributed by atoms with E-state index in [-0.39, 0.29) is 11.8 Å². The second-order valence-electron chi connectivity index (χ2n) is 6.19. The number of sulfone groups is 1. The summed E-state index contributed by atoms with van der Waals surface area (Å²) < 4.78 is 24.6. The first-order valence-corrected chi connectivity index (χ1v) is 9.60. The third-order valence-corrected chi connectivity index (χ3v) is 5.49. The van der Waals surface area contributed by atoms with Crippen molar-refractivity contribution < 1.29 is 8.42 Å². The van der Waals surface area contributed by atoms with E-state index in [1.165, 1.54) is 6.42 Å². The first-order valence-electron chi connectivity index (χ1n) is 7.95. The van der Waals surface area contributed by atoms with E-state index >= 15 is 0 Å². The summed E-state index contributed by atoms with van der Waals surface area (Å²) in [6, 6.07) is 7.52. The van der Waals surface area contributed by atoms with Crippen molar-refractivity contribution in [2.75, 3.05) is 11.1 Å². The molecule has 0 aliphatic rings. The van der Waals surface area contributed by atoms with Crippen LogP contribution in [0.15, 0.2) is 29.2 Å². The summed E-state index contributed by atoms with van der Waals surface area (Å²) in [7, 11) is -3.18. The fourth-order valence-electron chi connectivity index (χ4n) is 2.41. The zero-order chi connectivity index (χ0) is 15.9. The van der Waals surface area contributed by atoms with Gasteiger partial charge in [0.15, 0.2) is 9.84 Å². The molecule has 1 rings (SSSR count). The quantitative estimate of drug-likeness (QED) is 0.730. The monoisotopic (exact) mass is 311 g/mol. The van der Waals surface area contributed by atoms with E-state index in [9.17, 15) is 8.42 Å². The first kappa shape index (κ1) is 18.0. The summed E-state index contributed by atoms with van der Waals surface area (Å²) in [5.41, 5.74) is 0.739. The molecule has 0 aliphatic heterocycles. The number of hydrogen-bond acceptors (Lipinski definition) is 3. The molecule has 1 unspecified atom stereocenters. The van der Waals surface area contributed by atoms with Gasteiger partial charge in [0.05, 0.1) is 16.3 Å². The Kier molecular flexibility index (Phi) is 7.23. The van der Waals surface area contributed by atoms with E-state index < -0.39 is 9.84 Å². The van der Waals surface area contributed by atoms with E-state index in [4.69, 9.17) is 0 Å². The fraction of sp³-hybridized carbons (Fsp3) is 0.647. The van der Waals surface area contributed by atoms with Gasteiger partial charge in [-0.25, -0.2) is 8.42 Å². The minimum absolute atomic E-state index is 0.202. The van der Waals surface area contributed by atoms with Gasteiger partial charge in [-0.1, -0.05) is 45.7 Å². The number of hydrogen-bond donors (Lipinski definition) is 1. The molecule has 0 heterocycles. The maximum absolute atomic E-state index is 12.3. The summed E-state index contributed by atoms with van der Waals surface area (Å²) in [5.74, 6) is 0.919. The zero-order valence-electron chi connectivity index (χ0n) is 13.7. The highest BCUT2D eigenvalue weighted by Crippen LogP contribution is 2.24. The lowest BCUT2D eigenvalue weighted by atomic mass is 10.0. The molecular formula is C17H29NO2S. The van der Waals surface area contributed by atoms with Gasteiger partial charge in [-0.3, -0.25) is 0 Å². The molecule has 1 aromatic carbocycles. The third kappa shape index (κ3) is 6.08. The first-order chi connectivity index (χ1) is 9.86. The Morgan fingerprint density at radius 2 is 1.76 bits per heavy atom. The number of anilines is 1. The van der Waals surface area contributed by atoms with Crippen molar-refractivity contribution in [3.8, 4) is 0 Å². The van der Waals surface area contributed by atoms with Crippen LogP contribution >= 0.6 is 0 Å². The molecule has 3 nitrogen and oxygen atoms in total. The summed E-state index contributed by atoms with van der Waals surface area (Å²) in [4.78, 5) is 0.433. The molecule has 0 amide bonds. The van der Waals surface area contributed by atoms with E-state index in [0.29, 0.717) is 11.3 Å². The standard InChI is InChI=1S/C17H29NO2S/c1-5-13-21(19,20)17-12-7-6-11-16(17)18-15(4)10-8-9-14(2)3/h6-7,11-12,14-15,18H,5,8-10,13H2,1-4H3. The minimum atomic E-state index is -3.18. The lowest BCUT2D eigenvalue weighted by molar-refractivity contribution is 0.520. The molecule has 0 saturated heterocycles. The minimum Gasteiger partial charge on any atom is -0.382 e. The summed E-state index contributed by atoms with van der Waals surface area (Å²) in [6.45, 7) is 8.46. The molecule has 0 fully saturated rings. The molecule has 21 heavy (non-hydrogen) atoms. The number of benzene rings is 1. The van der Waals surface area contributed by atoms with Crippen molar-refractivity contribution in [3.05, 3.63) is 24.3 Å². The van der Waals surface area contributed by atoms with Gasteiger partial charge in [-0.05, 0) is 37.8 Å². The molecule has 0 bridgehead atoms. The summed E-state index contributed by atoms with van der Waals surface area (Å²) in [6.07, 6.45) is 4.07. The van der Waals surface area contributed by atoms with E-state index in [1.807, 2.05) is 19.1 Å². The van der Waals surface area contributed by atoms with Crippen molar-refractivity contribution >= 4 is 15.5 Å². The van der Waals surface area contributed by atoms with Crippen LogP contribution in [0, 0.1) is 5.92 Å². The Labute approximate surface area is 130 Å². The Bertz CT molecular complexity index is 523. The fourth-order valence-corrected chi connectivity index (χ4v) is 3.91. The average Bonchev–Trinajstić information content (AvgIpc) is 2.38. The molecular weight excluding hydrogens is 282 g/mol. The van der Waals surface area contributed by atoms with Gasteiger partial charge in [0.2, 0.25) is 0 Å². The normalized spacial score (nSPS) is 13.4. The van der Waals surface area contributed by atoms with Gasteiger partial charge >= 0.3 is 0 Å². The predicted octanol–water partition coefficient (Wildman–Crippen LogP) is 4.50.